The fourth-order valence-corrected chi connectivity index (χ4v) is 3.37. The summed E-state index contributed by atoms with van der Waals surface area (Å²) in [4.78, 5) is 12.1. The fourth-order valence-electron chi connectivity index (χ4n) is 1.98. The van der Waals surface area contributed by atoms with Gasteiger partial charge >= 0.3 is 0 Å². The molecule has 1 fully saturated rings. The molecule has 1 saturated heterocycles. The van der Waals surface area contributed by atoms with Gasteiger partial charge in [-0.1, -0.05) is 6.92 Å². The van der Waals surface area contributed by atoms with Gasteiger partial charge in [0.1, 0.15) is 0 Å². The Labute approximate surface area is 123 Å². The second-order valence-electron chi connectivity index (χ2n) is 4.36. The van der Waals surface area contributed by atoms with Gasteiger partial charge in [-0.15, -0.1) is 0 Å². The van der Waals surface area contributed by atoms with Gasteiger partial charge in [-0.3, -0.25) is 4.79 Å². The van der Waals surface area contributed by atoms with Crippen LogP contribution in [0.15, 0.2) is 22.7 Å². The van der Waals surface area contributed by atoms with Crippen LogP contribution in [0, 0.1) is 15.4 Å². The Hall–Kier alpha value is -0.140. The molecule has 2 atom stereocenters. The number of halogens is 2. The molecule has 3 nitrogen and oxygen atoms in total. The van der Waals surface area contributed by atoms with Crippen LogP contribution in [0.2, 0.25) is 0 Å². The largest absolute Gasteiger partial charge is 0.325 e. The highest BCUT2D eigenvalue weighted by Crippen LogP contribution is 2.26. The number of nitrogens with one attached hydrogen (secondary N) is 2. The van der Waals surface area contributed by atoms with Crippen molar-refractivity contribution in [2.24, 2.45) is 11.8 Å². The van der Waals surface area contributed by atoms with Gasteiger partial charge < -0.3 is 10.6 Å². The van der Waals surface area contributed by atoms with Gasteiger partial charge in [-0.05, 0) is 69.2 Å². The van der Waals surface area contributed by atoms with Crippen molar-refractivity contribution in [2.75, 3.05) is 18.4 Å². The molecular weight excluding hydrogens is 395 g/mol. The number of carbonyl (C=O) groups is 1. The van der Waals surface area contributed by atoms with Crippen molar-refractivity contribution in [3.8, 4) is 0 Å². The predicted molar refractivity (Wildman–Crippen MR) is 81.0 cm³/mol. The van der Waals surface area contributed by atoms with E-state index >= 15 is 0 Å². The summed E-state index contributed by atoms with van der Waals surface area (Å²) in [5, 5.41) is 6.22. The summed E-state index contributed by atoms with van der Waals surface area (Å²) < 4.78 is 2.07. The van der Waals surface area contributed by atoms with Crippen LogP contribution in [0.5, 0.6) is 0 Å². The van der Waals surface area contributed by atoms with Gasteiger partial charge in [-0.25, -0.2) is 0 Å². The first-order valence-corrected chi connectivity index (χ1v) is 7.41. The highest BCUT2D eigenvalue weighted by atomic mass is 127. The summed E-state index contributed by atoms with van der Waals surface area (Å²) in [7, 11) is 0. The lowest BCUT2D eigenvalue weighted by molar-refractivity contribution is -0.120. The van der Waals surface area contributed by atoms with E-state index in [4.69, 9.17) is 0 Å². The van der Waals surface area contributed by atoms with Gasteiger partial charge in [0.2, 0.25) is 5.91 Å². The molecule has 0 spiro atoms. The van der Waals surface area contributed by atoms with Crippen LogP contribution in [-0.2, 0) is 4.79 Å². The SMILES string of the molecule is CC1CNCC1C(=O)Nc1ccc(I)cc1Br. The van der Waals surface area contributed by atoms with Crippen LogP contribution >= 0.6 is 38.5 Å². The smallest absolute Gasteiger partial charge is 0.229 e. The van der Waals surface area contributed by atoms with Crippen LogP contribution in [-0.4, -0.2) is 19.0 Å². The molecule has 1 heterocycles. The van der Waals surface area contributed by atoms with Crippen molar-refractivity contribution in [2.45, 2.75) is 6.92 Å². The molecule has 5 heteroatoms. The molecule has 92 valence electrons. The standard InChI is InChI=1S/C12H14BrIN2O/c1-7-5-15-6-9(7)12(17)16-11-3-2-8(14)4-10(11)13/h2-4,7,9,15H,5-6H2,1H3,(H,16,17). The van der Waals surface area contributed by atoms with Gasteiger partial charge in [-0.2, -0.15) is 0 Å². The monoisotopic (exact) mass is 408 g/mol. The summed E-state index contributed by atoms with van der Waals surface area (Å²) in [6.45, 7) is 3.80. The second kappa shape index (κ2) is 5.67. The van der Waals surface area contributed by atoms with E-state index in [1.54, 1.807) is 0 Å². The summed E-state index contributed by atoms with van der Waals surface area (Å²) in [5.74, 6) is 0.572. The molecule has 0 radical (unpaired) electrons. The molecule has 1 amide bonds. The number of amides is 1. The van der Waals surface area contributed by atoms with Crippen LogP contribution in [0.3, 0.4) is 0 Å². The third kappa shape index (κ3) is 3.20. The Balaban J connectivity index is 2.07. The fraction of sp³-hybridized carbons (Fsp3) is 0.417. The molecule has 2 N–H and O–H groups in total. The molecule has 1 aliphatic heterocycles. The van der Waals surface area contributed by atoms with Crippen LogP contribution in [0.1, 0.15) is 6.92 Å². The Morgan fingerprint density at radius 2 is 2.29 bits per heavy atom. The van der Waals surface area contributed by atoms with E-state index < -0.39 is 0 Å². The highest BCUT2D eigenvalue weighted by molar-refractivity contribution is 14.1. The van der Waals surface area contributed by atoms with E-state index in [-0.39, 0.29) is 11.8 Å². The molecule has 0 aliphatic carbocycles. The number of hydrogen-bond acceptors (Lipinski definition) is 2. The van der Waals surface area contributed by atoms with E-state index in [2.05, 4.69) is 56.1 Å². The highest BCUT2D eigenvalue weighted by Gasteiger charge is 2.29. The molecule has 1 aromatic carbocycles. The minimum atomic E-state index is 0.0705. The van der Waals surface area contributed by atoms with E-state index in [9.17, 15) is 4.79 Å². The number of carbonyl (C=O) groups excluding carboxylic acids is 1. The van der Waals surface area contributed by atoms with E-state index in [0.29, 0.717) is 5.92 Å². The van der Waals surface area contributed by atoms with Crippen molar-refractivity contribution >= 4 is 50.1 Å². The summed E-state index contributed by atoms with van der Waals surface area (Å²) in [6, 6.07) is 5.90. The summed E-state index contributed by atoms with van der Waals surface area (Å²) in [5.41, 5.74) is 0.842. The van der Waals surface area contributed by atoms with Crippen molar-refractivity contribution in [1.82, 2.24) is 5.32 Å². The topological polar surface area (TPSA) is 41.1 Å². The van der Waals surface area contributed by atoms with E-state index in [0.717, 1.165) is 26.8 Å². The molecule has 1 aromatic rings. The zero-order valence-electron chi connectivity index (χ0n) is 9.47. The van der Waals surface area contributed by atoms with Gasteiger partial charge in [0.05, 0.1) is 11.6 Å². The molecule has 0 saturated carbocycles. The Morgan fingerprint density at radius 1 is 1.53 bits per heavy atom. The molecule has 2 rings (SSSR count). The van der Waals surface area contributed by atoms with Crippen LogP contribution < -0.4 is 10.6 Å². The number of anilines is 1. The maximum Gasteiger partial charge on any atom is 0.229 e. The molecule has 0 aromatic heterocycles. The quantitative estimate of drug-likeness (QED) is 0.739. The maximum absolute atomic E-state index is 12.1. The average Bonchev–Trinajstić information content (AvgIpc) is 2.68. The zero-order chi connectivity index (χ0) is 12.4. The zero-order valence-corrected chi connectivity index (χ0v) is 13.2. The minimum absolute atomic E-state index is 0.0705. The molecular formula is C12H14BrIN2O. The molecule has 17 heavy (non-hydrogen) atoms. The normalized spacial score (nSPS) is 23.7. The van der Waals surface area contributed by atoms with Crippen molar-refractivity contribution in [1.29, 1.82) is 0 Å². The number of benzene rings is 1. The van der Waals surface area contributed by atoms with Gasteiger partial charge in [0.15, 0.2) is 0 Å². The average molecular weight is 409 g/mol. The minimum Gasteiger partial charge on any atom is -0.325 e. The van der Waals surface area contributed by atoms with Crippen molar-refractivity contribution < 1.29 is 4.79 Å². The Morgan fingerprint density at radius 3 is 2.88 bits per heavy atom. The van der Waals surface area contributed by atoms with Crippen LogP contribution in [0.4, 0.5) is 5.69 Å². The first-order chi connectivity index (χ1) is 8.08. The van der Waals surface area contributed by atoms with Gasteiger partial charge in [0, 0.05) is 14.6 Å². The van der Waals surface area contributed by atoms with Crippen molar-refractivity contribution in [3.63, 3.8) is 0 Å². The lowest BCUT2D eigenvalue weighted by atomic mass is 9.97. The van der Waals surface area contributed by atoms with Crippen molar-refractivity contribution in [3.05, 3.63) is 26.2 Å². The number of hydrogen-bond donors (Lipinski definition) is 2. The summed E-state index contributed by atoms with van der Waals surface area (Å²) >= 11 is 5.71. The first-order valence-electron chi connectivity index (χ1n) is 5.54. The third-order valence-electron chi connectivity index (χ3n) is 3.04. The molecule has 0 bridgehead atoms. The lowest BCUT2D eigenvalue weighted by Crippen LogP contribution is -2.27. The molecule has 1 aliphatic rings. The number of rotatable bonds is 2. The predicted octanol–water partition coefficient (Wildman–Crippen LogP) is 2.85. The van der Waals surface area contributed by atoms with Gasteiger partial charge in [0.25, 0.3) is 0 Å². The summed E-state index contributed by atoms with van der Waals surface area (Å²) in [6.07, 6.45) is 0. The Bertz CT molecular complexity index is 439. The maximum atomic E-state index is 12.1. The third-order valence-corrected chi connectivity index (χ3v) is 4.37. The van der Waals surface area contributed by atoms with E-state index in [1.807, 2.05) is 18.2 Å². The first kappa shape index (κ1) is 13.3. The molecule has 2 unspecified atom stereocenters. The van der Waals surface area contributed by atoms with Crippen LogP contribution in [0.25, 0.3) is 0 Å². The Kier molecular flexibility index (Phi) is 4.43. The lowest BCUT2D eigenvalue weighted by Gasteiger charge is -2.15. The van der Waals surface area contributed by atoms with E-state index in [1.165, 1.54) is 0 Å². The second-order valence-corrected chi connectivity index (χ2v) is 6.46.